The number of para-hydroxylation sites is 1. The Kier molecular flexibility index (Phi) is 7.77. The van der Waals surface area contributed by atoms with Crippen LogP contribution in [0.4, 0.5) is 5.69 Å². The average molecular weight is 542 g/mol. The van der Waals surface area contributed by atoms with Crippen molar-refractivity contribution in [2.75, 3.05) is 5.32 Å². The molecular weight excluding hydrogens is 514 g/mol. The molecule has 6 nitrogen and oxygen atoms in total. The molecule has 0 aliphatic carbocycles. The quantitative estimate of drug-likeness (QED) is 0.162. The Morgan fingerprint density at radius 2 is 1.68 bits per heavy atom. The van der Waals surface area contributed by atoms with E-state index in [1.807, 2.05) is 97.4 Å². The normalized spacial score (nSPS) is 12.0. The highest BCUT2D eigenvalue weighted by molar-refractivity contribution is 8.00. The smallest absolute Gasteiger partial charge is 0.237 e. The Morgan fingerprint density at radius 3 is 2.37 bits per heavy atom. The molecule has 192 valence electrons. The number of aromatic nitrogens is 4. The molecule has 1 amide bonds. The van der Waals surface area contributed by atoms with Crippen LogP contribution in [0.15, 0.2) is 83.9 Å². The molecule has 2 aromatic heterocycles. The van der Waals surface area contributed by atoms with Gasteiger partial charge in [0.05, 0.1) is 22.0 Å². The van der Waals surface area contributed by atoms with Crippen molar-refractivity contribution in [2.45, 2.75) is 43.9 Å². The second-order valence-electron chi connectivity index (χ2n) is 8.88. The van der Waals surface area contributed by atoms with E-state index in [2.05, 4.69) is 12.2 Å². The number of thioether (sulfide) groups is 1. The first-order chi connectivity index (χ1) is 18.5. The summed E-state index contributed by atoms with van der Waals surface area (Å²) in [6.07, 6.45) is 1.33. The number of nitrogens with one attached hydrogen (secondary N) is 1. The summed E-state index contributed by atoms with van der Waals surface area (Å²) in [5, 5.41) is 9.87. The minimum atomic E-state index is -0.375. The minimum absolute atomic E-state index is 0.0932. The third-order valence-corrected chi connectivity index (χ3v) is 8.14. The first-order valence-electron chi connectivity index (χ1n) is 12.6. The van der Waals surface area contributed by atoms with E-state index >= 15 is 0 Å². The fourth-order valence-corrected chi connectivity index (χ4v) is 5.51. The van der Waals surface area contributed by atoms with Crippen LogP contribution in [0, 0.1) is 6.92 Å². The Bertz CT molecular complexity index is 1590. The first-order valence-corrected chi connectivity index (χ1v) is 13.9. The molecule has 0 spiro atoms. The zero-order valence-electron chi connectivity index (χ0n) is 21.5. The van der Waals surface area contributed by atoms with Gasteiger partial charge in [-0.05, 0) is 49.6 Å². The number of amides is 1. The van der Waals surface area contributed by atoms with Crippen LogP contribution in [0.3, 0.4) is 0 Å². The van der Waals surface area contributed by atoms with Crippen molar-refractivity contribution < 1.29 is 4.79 Å². The van der Waals surface area contributed by atoms with Crippen molar-refractivity contribution >= 4 is 46.0 Å². The molecule has 38 heavy (non-hydrogen) atoms. The molecule has 0 unspecified atom stereocenters. The second-order valence-corrected chi connectivity index (χ2v) is 10.5. The Morgan fingerprint density at radius 1 is 0.974 bits per heavy atom. The molecule has 8 heteroatoms. The first kappa shape index (κ1) is 25.9. The molecular formula is C30H28ClN5OS. The number of hydrogen-bond donors (Lipinski definition) is 1. The summed E-state index contributed by atoms with van der Waals surface area (Å²) in [4.78, 5) is 23.4. The fourth-order valence-electron chi connectivity index (χ4n) is 4.26. The highest BCUT2D eigenvalue weighted by atomic mass is 35.5. The lowest BCUT2D eigenvalue weighted by Gasteiger charge is -2.17. The molecule has 1 N–H and O–H groups in total. The molecule has 2 heterocycles. The monoisotopic (exact) mass is 541 g/mol. The molecule has 5 aromatic rings. The summed E-state index contributed by atoms with van der Waals surface area (Å²) in [5.74, 6) is 0.505. The van der Waals surface area contributed by atoms with E-state index in [0.717, 1.165) is 38.6 Å². The standard InChI is InChI=1S/C30H28ClN5OS/c1-4-23-26-28(36(35-23)21-15-10-7-11-16-21)33-27(20-13-8-6-9-14-20)34-30(26)38-25(5-2)29(37)32-24-18-12-17-22(31)19(24)3/h6-18,25H,4-5H2,1-3H3,(H,32,37)/t25-/m0/s1. The van der Waals surface area contributed by atoms with E-state index in [9.17, 15) is 4.79 Å². The summed E-state index contributed by atoms with van der Waals surface area (Å²) in [6.45, 7) is 5.98. The third kappa shape index (κ3) is 5.17. The number of anilines is 1. The van der Waals surface area contributed by atoms with E-state index in [-0.39, 0.29) is 11.2 Å². The van der Waals surface area contributed by atoms with E-state index < -0.39 is 0 Å². The number of benzene rings is 3. The van der Waals surface area contributed by atoms with Crippen molar-refractivity contribution in [3.8, 4) is 17.1 Å². The van der Waals surface area contributed by atoms with Gasteiger partial charge in [0.1, 0.15) is 5.03 Å². The number of nitrogens with zero attached hydrogens (tertiary/aromatic N) is 4. The van der Waals surface area contributed by atoms with Crippen LogP contribution in [0.2, 0.25) is 5.02 Å². The van der Waals surface area contributed by atoms with Gasteiger partial charge in [0, 0.05) is 16.3 Å². The van der Waals surface area contributed by atoms with Crippen molar-refractivity contribution in [1.82, 2.24) is 19.7 Å². The summed E-state index contributed by atoms with van der Waals surface area (Å²) in [5.41, 5.74) is 5.01. The topological polar surface area (TPSA) is 72.7 Å². The largest absolute Gasteiger partial charge is 0.325 e. The van der Waals surface area contributed by atoms with Gasteiger partial charge in [0.15, 0.2) is 11.5 Å². The van der Waals surface area contributed by atoms with Crippen LogP contribution in [-0.4, -0.2) is 30.9 Å². The zero-order chi connectivity index (χ0) is 26.6. The number of rotatable bonds is 8. The fraction of sp³-hybridized carbons (Fsp3) is 0.200. The number of hydrogen-bond acceptors (Lipinski definition) is 5. The number of carbonyl (C=O) groups excluding carboxylic acids is 1. The predicted molar refractivity (Wildman–Crippen MR) is 156 cm³/mol. The average Bonchev–Trinajstić information content (AvgIpc) is 3.34. The maximum atomic E-state index is 13.4. The van der Waals surface area contributed by atoms with Gasteiger partial charge >= 0.3 is 0 Å². The molecule has 1 atom stereocenters. The molecule has 0 aliphatic heterocycles. The molecule has 0 radical (unpaired) electrons. The van der Waals surface area contributed by atoms with Gasteiger partial charge in [0.2, 0.25) is 5.91 Å². The lowest BCUT2D eigenvalue weighted by molar-refractivity contribution is -0.115. The number of fused-ring (bicyclic) bond motifs is 1. The van der Waals surface area contributed by atoms with Crippen LogP contribution in [0.1, 0.15) is 31.5 Å². The summed E-state index contributed by atoms with van der Waals surface area (Å²) < 4.78 is 1.88. The molecule has 0 fully saturated rings. The zero-order valence-corrected chi connectivity index (χ0v) is 23.1. The molecule has 3 aromatic carbocycles. The maximum Gasteiger partial charge on any atom is 0.237 e. The van der Waals surface area contributed by atoms with Crippen LogP contribution in [-0.2, 0) is 11.2 Å². The maximum absolute atomic E-state index is 13.4. The van der Waals surface area contributed by atoms with Gasteiger partial charge in [-0.25, -0.2) is 14.6 Å². The number of halogens is 1. The van der Waals surface area contributed by atoms with Crippen molar-refractivity contribution in [3.05, 3.63) is 95.1 Å². The van der Waals surface area contributed by atoms with E-state index in [1.165, 1.54) is 11.8 Å². The minimum Gasteiger partial charge on any atom is -0.325 e. The third-order valence-electron chi connectivity index (χ3n) is 6.38. The molecule has 0 saturated carbocycles. The SMILES string of the molecule is CCc1nn(-c2ccccc2)c2nc(-c3ccccc3)nc(S[C@@H](CC)C(=O)Nc3cccc(Cl)c3C)c12. The van der Waals surface area contributed by atoms with Gasteiger partial charge < -0.3 is 5.32 Å². The Balaban J connectivity index is 1.61. The van der Waals surface area contributed by atoms with Gasteiger partial charge in [0.25, 0.3) is 0 Å². The van der Waals surface area contributed by atoms with E-state index in [0.29, 0.717) is 29.4 Å². The Labute approximate surface area is 231 Å². The molecule has 5 rings (SSSR count). The van der Waals surface area contributed by atoms with Crippen LogP contribution in [0.25, 0.3) is 28.1 Å². The highest BCUT2D eigenvalue weighted by Crippen LogP contribution is 2.36. The van der Waals surface area contributed by atoms with Crippen LogP contribution >= 0.6 is 23.4 Å². The molecule has 0 saturated heterocycles. The van der Waals surface area contributed by atoms with Gasteiger partial charge in [-0.3, -0.25) is 4.79 Å². The summed E-state index contributed by atoms with van der Waals surface area (Å²) >= 11 is 7.74. The Hall–Kier alpha value is -3.68. The highest BCUT2D eigenvalue weighted by Gasteiger charge is 2.25. The predicted octanol–water partition coefficient (Wildman–Crippen LogP) is 7.52. The molecule has 0 bridgehead atoms. The van der Waals surface area contributed by atoms with E-state index in [4.69, 9.17) is 26.7 Å². The van der Waals surface area contributed by atoms with Crippen molar-refractivity contribution in [3.63, 3.8) is 0 Å². The number of aryl methyl sites for hydroxylation is 1. The van der Waals surface area contributed by atoms with Gasteiger partial charge in [-0.1, -0.05) is 91.8 Å². The van der Waals surface area contributed by atoms with Crippen LogP contribution < -0.4 is 5.32 Å². The van der Waals surface area contributed by atoms with Gasteiger partial charge in [-0.2, -0.15) is 5.10 Å². The summed E-state index contributed by atoms with van der Waals surface area (Å²) in [6, 6.07) is 25.4. The lowest BCUT2D eigenvalue weighted by Crippen LogP contribution is -2.25. The van der Waals surface area contributed by atoms with Crippen LogP contribution in [0.5, 0.6) is 0 Å². The summed E-state index contributed by atoms with van der Waals surface area (Å²) in [7, 11) is 0. The van der Waals surface area contributed by atoms with Crippen molar-refractivity contribution in [1.29, 1.82) is 0 Å². The number of carbonyl (C=O) groups is 1. The van der Waals surface area contributed by atoms with Crippen molar-refractivity contribution in [2.24, 2.45) is 0 Å². The molecule has 0 aliphatic rings. The second kappa shape index (κ2) is 11.4. The van der Waals surface area contributed by atoms with E-state index in [1.54, 1.807) is 0 Å². The van der Waals surface area contributed by atoms with Gasteiger partial charge in [-0.15, -0.1) is 0 Å². The lowest BCUT2D eigenvalue weighted by atomic mass is 10.2.